The summed E-state index contributed by atoms with van der Waals surface area (Å²) in [6, 6.07) is 14.5. The first-order valence-electron chi connectivity index (χ1n) is 13.7. The Balaban J connectivity index is 1.51. The molecule has 0 saturated heterocycles. The number of rotatable bonds is 13. The van der Waals surface area contributed by atoms with Crippen LogP contribution in [0.3, 0.4) is 0 Å². The molecule has 10 nitrogen and oxygen atoms in total. The van der Waals surface area contributed by atoms with E-state index < -0.39 is 18.2 Å². The number of hydrogen-bond acceptors (Lipinski definition) is 9. The fraction of sp³-hybridized carbons (Fsp3) is 0.400. The Morgan fingerprint density at radius 1 is 1.15 bits per heavy atom. The summed E-state index contributed by atoms with van der Waals surface area (Å²) in [6.45, 7) is 7.28. The molecule has 2 atom stereocenters. The van der Waals surface area contributed by atoms with Crippen LogP contribution < -0.4 is 10.2 Å². The molecule has 2 heterocycles. The van der Waals surface area contributed by atoms with Crippen molar-refractivity contribution < 1.29 is 23.8 Å². The fourth-order valence-electron chi connectivity index (χ4n) is 4.36. The number of nitrogens with zero attached hydrogens (tertiary/aromatic N) is 4. The van der Waals surface area contributed by atoms with E-state index in [-0.39, 0.29) is 25.0 Å². The van der Waals surface area contributed by atoms with E-state index >= 15 is 0 Å². The number of thiazole rings is 1. The van der Waals surface area contributed by atoms with Crippen molar-refractivity contribution in [2.45, 2.75) is 45.9 Å². The predicted molar refractivity (Wildman–Crippen MR) is 159 cm³/mol. The topological polar surface area (TPSA) is 121 Å². The van der Waals surface area contributed by atoms with Gasteiger partial charge in [0.25, 0.3) is 11.9 Å². The van der Waals surface area contributed by atoms with Crippen LogP contribution in [0, 0.1) is 5.92 Å². The van der Waals surface area contributed by atoms with Crippen molar-refractivity contribution in [3.63, 3.8) is 0 Å². The normalized spacial score (nSPS) is 12.7. The van der Waals surface area contributed by atoms with Gasteiger partial charge >= 0.3 is 6.09 Å². The molecule has 0 aliphatic rings. The molecule has 2 aromatic carbocycles. The fourth-order valence-corrected chi connectivity index (χ4v) is 4.86. The second kappa shape index (κ2) is 14.1. The number of carbonyl (C=O) groups excluding carboxylic acids is 2. The van der Waals surface area contributed by atoms with E-state index in [4.69, 9.17) is 9.15 Å². The van der Waals surface area contributed by atoms with Crippen LogP contribution in [-0.2, 0) is 17.8 Å². The Bertz CT molecular complexity index is 1410. The lowest BCUT2D eigenvalue weighted by Gasteiger charge is -2.31. The van der Waals surface area contributed by atoms with Crippen molar-refractivity contribution in [2.75, 3.05) is 31.6 Å². The van der Waals surface area contributed by atoms with Gasteiger partial charge in [0.1, 0.15) is 12.1 Å². The molecule has 0 aliphatic heterocycles. The van der Waals surface area contributed by atoms with E-state index in [1.165, 1.54) is 11.3 Å². The van der Waals surface area contributed by atoms with Crippen molar-refractivity contribution in [1.29, 1.82) is 0 Å². The van der Waals surface area contributed by atoms with Crippen LogP contribution in [0.5, 0.6) is 0 Å². The van der Waals surface area contributed by atoms with Gasteiger partial charge in [0.2, 0.25) is 0 Å². The molecule has 0 aliphatic carbocycles. The number of anilines is 1. The molecule has 0 fully saturated rings. The Hall–Kier alpha value is -3.96. The summed E-state index contributed by atoms with van der Waals surface area (Å²) in [6.07, 6.45) is 0.294. The molecule has 0 spiro atoms. The number of fused-ring (bicyclic) bond motifs is 1. The highest BCUT2D eigenvalue weighted by atomic mass is 32.1. The summed E-state index contributed by atoms with van der Waals surface area (Å²) in [5.74, 6) is -0.0871. The third kappa shape index (κ3) is 8.27. The number of hydrogen-bond donors (Lipinski definition) is 2. The maximum Gasteiger partial charge on any atom is 0.407 e. The largest absolute Gasteiger partial charge is 0.444 e. The van der Waals surface area contributed by atoms with Gasteiger partial charge in [0.15, 0.2) is 5.58 Å². The summed E-state index contributed by atoms with van der Waals surface area (Å²) in [4.78, 5) is 39.3. The molecular weight excluding hydrogens is 542 g/mol. The molecule has 2 amide bonds. The van der Waals surface area contributed by atoms with Gasteiger partial charge in [0.05, 0.1) is 22.5 Å². The van der Waals surface area contributed by atoms with E-state index in [9.17, 15) is 14.7 Å². The molecule has 0 bridgehead atoms. The maximum absolute atomic E-state index is 13.7. The molecule has 0 radical (unpaired) electrons. The van der Waals surface area contributed by atoms with Crippen LogP contribution in [0.4, 0.5) is 10.8 Å². The van der Waals surface area contributed by atoms with Gasteiger partial charge in [-0.05, 0) is 43.0 Å². The number of alkyl carbamates (subject to hydrolysis) is 1. The van der Waals surface area contributed by atoms with Gasteiger partial charge in [0, 0.05) is 38.4 Å². The van der Waals surface area contributed by atoms with Crippen LogP contribution >= 0.6 is 11.3 Å². The standard InChI is InChI=1S/C30H37N5O5S/c1-5-34(4)29-32-25-14-22(11-12-27(25)40-29)28(37)35(16-20(2)3)17-26(36)24(13-21-9-7-6-8-10-21)33-30(38)39-18-23-15-31-19-41-23/h6-12,14-15,19-20,24,26,36H,5,13,16-18H2,1-4H3,(H,33,38)/t24-,26+/m0/s1. The van der Waals surface area contributed by atoms with E-state index in [0.29, 0.717) is 35.6 Å². The average molecular weight is 580 g/mol. The van der Waals surface area contributed by atoms with Crippen LogP contribution in [0.25, 0.3) is 11.1 Å². The van der Waals surface area contributed by atoms with Crippen LogP contribution in [0.15, 0.2) is 64.7 Å². The number of ether oxygens (including phenoxy) is 1. The maximum atomic E-state index is 13.7. The van der Waals surface area contributed by atoms with Crippen molar-refractivity contribution in [2.24, 2.45) is 5.92 Å². The molecule has 4 aromatic rings. The van der Waals surface area contributed by atoms with Crippen LogP contribution in [0.1, 0.15) is 41.6 Å². The molecular formula is C30H37N5O5S. The van der Waals surface area contributed by atoms with Gasteiger partial charge in [-0.2, -0.15) is 4.98 Å². The summed E-state index contributed by atoms with van der Waals surface area (Å²) >= 11 is 1.39. The van der Waals surface area contributed by atoms with Crippen LogP contribution in [-0.4, -0.2) is 70.8 Å². The highest BCUT2D eigenvalue weighted by Crippen LogP contribution is 2.23. The zero-order valence-electron chi connectivity index (χ0n) is 23.8. The minimum absolute atomic E-state index is 0.0182. The SMILES string of the molecule is CCN(C)c1nc2cc(C(=O)N(CC(C)C)C[C@@H](O)[C@H](Cc3ccccc3)NC(=O)OCc3cncs3)ccc2o1. The minimum atomic E-state index is -1.06. The summed E-state index contributed by atoms with van der Waals surface area (Å²) in [5, 5.41) is 14.2. The number of oxazole rings is 1. The number of carbonyl (C=O) groups is 2. The zero-order chi connectivity index (χ0) is 29.4. The number of amides is 2. The van der Waals surface area contributed by atoms with Gasteiger partial charge in [-0.15, -0.1) is 11.3 Å². The van der Waals surface area contributed by atoms with Crippen molar-refractivity contribution in [3.8, 4) is 0 Å². The van der Waals surface area contributed by atoms with E-state index in [2.05, 4.69) is 15.3 Å². The summed E-state index contributed by atoms with van der Waals surface area (Å²) < 4.78 is 11.2. The second-order valence-corrected chi connectivity index (χ2v) is 11.3. The van der Waals surface area contributed by atoms with E-state index in [0.717, 1.165) is 17.0 Å². The first-order chi connectivity index (χ1) is 19.7. The molecule has 4 rings (SSSR count). The van der Waals surface area contributed by atoms with E-state index in [1.54, 1.807) is 34.8 Å². The molecule has 218 valence electrons. The third-order valence-electron chi connectivity index (χ3n) is 6.60. The van der Waals surface area contributed by atoms with Crippen molar-refractivity contribution in [3.05, 3.63) is 76.2 Å². The Labute approximate surface area is 244 Å². The number of aliphatic hydroxyl groups excluding tert-OH is 1. The number of benzene rings is 2. The Kier molecular flexibility index (Phi) is 10.3. The molecule has 0 unspecified atom stereocenters. The van der Waals surface area contributed by atoms with Gasteiger partial charge in [-0.25, -0.2) is 4.79 Å². The first kappa shape index (κ1) is 30.0. The molecule has 2 N–H and O–H groups in total. The molecule has 0 saturated carbocycles. The third-order valence-corrected chi connectivity index (χ3v) is 7.35. The lowest BCUT2D eigenvalue weighted by atomic mass is 10.00. The minimum Gasteiger partial charge on any atom is -0.444 e. The first-order valence-corrected chi connectivity index (χ1v) is 14.5. The molecule has 41 heavy (non-hydrogen) atoms. The van der Waals surface area contributed by atoms with Crippen LogP contribution in [0.2, 0.25) is 0 Å². The molecule has 11 heteroatoms. The Morgan fingerprint density at radius 2 is 1.93 bits per heavy atom. The number of aromatic nitrogens is 2. The number of nitrogens with one attached hydrogen (secondary N) is 1. The quantitative estimate of drug-likeness (QED) is 0.233. The molecule has 2 aromatic heterocycles. The summed E-state index contributed by atoms with van der Waals surface area (Å²) in [5.41, 5.74) is 4.23. The smallest absolute Gasteiger partial charge is 0.407 e. The highest BCUT2D eigenvalue weighted by Gasteiger charge is 2.28. The van der Waals surface area contributed by atoms with E-state index in [1.807, 2.05) is 63.1 Å². The van der Waals surface area contributed by atoms with Crippen molar-refractivity contribution >= 4 is 40.5 Å². The summed E-state index contributed by atoms with van der Waals surface area (Å²) in [7, 11) is 1.89. The van der Waals surface area contributed by atoms with Gasteiger partial charge in [-0.1, -0.05) is 44.2 Å². The van der Waals surface area contributed by atoms with Gasteiger partial charge in [-0.3, -0.25) is 9.78 Å². The monoisotopic (exact) mass is 579 g/mol. The highest BCUT2D eigenvalue weighted by molar-refractivity contribution is 7.09. The average Bonchev–Trinajstić information content (AvgIpc) is 3.64. The number of aliphatic hydroxyl groups is 1. The Morgan fingerprint density at radius 3 is 2.61 bits per heavy atom. The lowest BCUT2D eigenvalue weighted by Crippen LogP contribution is -2.51. The second-order valence-electron chi connectivity index (χ2n) is 10.3. The predicted octanol–water partition coefficient (Wildman–Crippen LogP) is 4.74. The zero-order valence-corrected chi connectivity index (χ0v) is 24.6. The van der Waals surface area contributed by atoms with Crippen molar-refractivity contribution in [1.82, 2.24) is 20.2 Å². The lowest BCUT2D eigenvalue weighted by molar-refractivity contribution is 0.0494. The van der Waals surface area contributed by atoms with Gasteiger partial charge < -0.3 is 29.4 Å².